The van der Waals surface area contributed by atoms with Crippen LogP contribution in [0.2, 0.25) is 5.02 Å². The number of nitrogens with zero attached hydrogens (tertiary/aromatic N) is 3. The van der Waals surface area contributed by atoms with Gasteiger partial charge in [-0.15, -0.1) is 21.5 Å². The summed E-state index contributed by atoms with van der Waals surface area (Å²) < 4.78 is 26.2. The number of anilines is 1. The van der Waals surface area contributed by atoms with Gasteiger partial charge in [-0.1, -0.05) is 29.8 Å². The van der Waals surface area contributed by atoms with Crippen molar-refractivity contribution in [3.05, 3.63) is 50.9 Å². The van der Waals surface area contributed by atoms with Gasteiger partial charge in [0.1, 0.15) is 16.6 Å². The Hall–Kier alpha value is -2.63. The van der Waals surface area contributed by atoms with Crippen LogP contribution in [0, 0.1) is 5.82 Å². The molecule has 0 saturated heterocycles. The number of rotatable bonds is 9. The number of carbonyl (C=O) groups excluding carboxylic acids is 2. The SMILES string of the molecule is CCOC(=O)c1c(NC(=O)CSc2nnc(C(C)Oc3ccc(F)cc3Cl)n2C)sc2c1CCCCC2. The number of benzene rings is 1. The van der Waals surface area contributed by atoms with Crippen LogP contribution in [-0.2, 0) is 29.4 Å². The van der Waals surface area contributed by atoms with Crippen molar-refractivity contribution in [3.63, 3.8) is 0 Å². The number of esters is 1. The standard InChI is InChI=1S/C25H28ClFN4O4S2/c1-4-34-24(33)21-16-8-6-5-7-9-19(16)37-23(21)28-20(32)13-36-25-30-29-22(31(25)3)14(2)35-18-11-10-15(27)12-17(18)26/h10-12,14H,4-9,13H2,1-3H3,(H,28,32). The number of halogens is 2. The van der Waals surface area contributed by atoms with E-state index in [0.717, 1.165) is 42.5 Å². The quantitative estimate of drug-likeness (QED) is 0.193. The van der Waals surface area contributed by atoms with Gasteiger partial charge in [-0.3, -0.25) is 4.79 Å². The molecule has 0 bridgehead atoms. The van der Waals surface area contributed by atoms with Gasteiger partial charge in [0.05, 0.1) is 22.9 Å². The van der Waals surface area contributed by atoms with E-state index in [4.69, 9.17) is 21.1 Å². The van der Waals surface area contributed by atoms with Crippen molar-refractivity contribution in [2.75, 3.05) is 17.7 Å². The molecule has 0 saturated carbocycles. The van der Waals surface area contributed by atoms with E-state index >= 15 is 0 Å². The zero-order chi connectivity index (χ0) is 26.5. The summed E-state index contributed by atoms with van der Waals surface area (Å²) in [7, 11) is 1.77. The molecule has 2 aromatic heterocycles. The Morgan fingerprint density at radius 1 is 1.27 bits per heavy atom. The molecule has 1 aliphatic carbocycles. The van der Waals surface area contributed by atoms with Crippen LogP contribution < -0.4 is 10.1 Å². The Balaban J connectivity index is 1.42. The second kappa shape index (κ2) is 12.3. The monoisotopic (exact) mass is 566 g/mol. The molecule has 1 aliphatic rings. The fourth-order valence-corrected chi connectivity index (χ4v) is 6.39. The zero-order valence-electron chi connectivity index (χ0n) is 20.8. The van der Waals surface area contributed by atoms with Gasteiger partial charge in [0, 0.05) is 11.9 Å². The van der Waals surface area contributed by atoms with Gasteiger partial charge in [-0.25, -0.2) is 9.18 Å². The Morgan fingerprint density at radius 3 is 2.81 bits per heavy atom. The average Bonchev–Trinajstić information content (AvgIpc) is 3.30. The number of aromatic nitrogens is 3. The van der Waals surface area contributed by atoms with Gasteiger partial charge in [0.25, 0.3) is 0 Å². The number of thiophene rings is 1. The van der Waals surface area contributed by atoms with Crippen LogP contribution in [0.1, 0.15) is 65.8 Å². The highest BCUT2D eigenvalue weighted by molar-refractivity contribution is 7.99. The number of nitrogens with one attached hydrogen (secondary N) is 1. The smallest absolute Gasteiger partial charge is 0.341 e. The number of aryl methyl sites for hydroxylation is 1. The largest absolute Gasteiger partial charge is 0.481 e. The van der Waals surface area contributed by atoms with Crippen molar-refractivity contribution in [2.45, 2.75) is 57.2 Å². The van der Waals surface area contributed by atoms with Crippen molar-refractivity contribution in [2.24, 2.45) is 7.05 Å². The molecule has 4 rings (SSSR count). The predicted octanol–water partition coefficient (Wildman–Crippen LogP) is 5.99. The number of hydrogen-bond donors (Lipinski definition) is 1. The van der Waals surface area contributed by atoms with Crippen molar-refractivity contribution < 1.29 is 23.5 Å². The van der Waals surface area contributed by atoms with Crippen molar-refractivity contribution >= 4 is 51.6 Å². The number of hydrogen-bond acceptors (Lipinski definition) is 8. The van der Waals surface area contributed by atoms with Crippen molar-refractivity contribution in [1.29, 1.82) is 0 Å². The van der Waals surface area contributed by atoms with Crippen LogP contribution in [0.3, 0.4) is 0 Å². The molecule has 1 unspecified atom stereocenters. The maximum atomic E-state index is 13.3. The molecule has 1 atom stereocenters. The molecule has 198 valence electrons. The van der Waals surface area contributed by atoms with Crippen LogP contribution in [0.4, 0.5) is 9.39 Å². The third kappa shape index (κ3) is 6.45. The lowest BCUT2D eigenvalue weighted by molar-refractivity contribution is -0.113. The molecule has 37 heavy (non-hydrogen) atoms. The summed E-state index contributed by atoms with van der Waals surface area (Å²) in [5.74, 6) is -0.158. The van der Waals surface area contributed by atoms with E-state index in [1.165, 1.54) is 41.3 Å². The Morgan fingerprint density at radius 2 is 2.05 bits per heavy atom. The first-order chi connectivity index (χ1) is 17.8. The lowest BCUT2D eigenvalue weighted by Gasteiger charge is -2.15. The van der Waals surface area contributed by atoms with Crippen LogP contribution in [0.5, 0.6) is 5.75 Å². The van der Waals surface area contributed by atoms with Crippen LogP contribution >= 0.6 is 34.7 Å². The Kier molecular flexibility index (Phi) is 9.09. The maximum Gasteiger partial charge on any atom is 0.341 e. The van der Waals surface area contributed by atoms with Crippen LogP contribution in [-0.4, -0.2) is 39.0 Å². The minimum absolute atomic E-state index is 0.0792. The molecule has 1 aromatic carbocycles. The summed E-state index contributed by atoms with van der Waals surface area (Å²) in [6.45, 7) is 3.83. The first-order valence-corrected chi connectivity index (χ1v) is 14.2. The molecular formula is C25H28ClFN4O4S2. The highest BCUT2D eigenvalue weighted by atomic mass is 35.5. The molecule has 0 aliphatic heterocycles. The van der Waals surface area contributed by atoms with E-state index in [9.17, 15) is 14.0 Å². The van der Waals surface area contributed by atoms with E-state index in [1.54, 1.807) is 25.5 Å². The summed E-state index contributed by atoms with van der Waals surface area (Å²) in [4.78, 5) is 26.7. The van der Waals surface area contributed by atoms with Gasteiger partial charge in [-0.05, 0) is 63.3 Å². The third-order valence-corrected chi connectivity index (χ3v) is 8.44. The van der Waals surface area contributed by atoms with Crippen molar-refractivity contribution in [3.8, 4) is 5.75 Å². The van der Waals surface area contributed by atoms with E-state index in [0.29, 0.717) is 27.3 Å². The lowest BCUT2D eigenvalue weighted by Crippen LogP contribution is -2.17. The molecule has 0 radical (unpaired) electrons. The van der Waals surface area contributed by atoms with Crippen LogP contribution in [0.15, 0.2) is 23.4 Å². The number of ether oxygens (including phenoxy) is 2. The van der Waals surface area contributed by atoms with Crippen LogP contribution in [0.25, 0.3) is 0 Å². The predicted molar refractivity (Wildman–Crippen MR) is 142 cm³/mol. The second-order valence-electron chi connectivity index (χ2n) is 8.56. The van der Waals surface area contributed by atoms with Crippen molar-refractivity contribution in [1.82, 2.24) is 14.8 Å². The third-order valence-electron chi connectivity index (χ3n) is 5.92. The average molecular weight is 567 g/mol. The molecule has 12 heteroatoms. The molecule has 1 amide bonds. The first kappa shape index (κ1) is 27.4. The number of carbonyl (C=O) groups is 2. The lowest BCUT2D eigenvalue weighted by atomic mass is 10.1. The zero-order valence-corrected chi connectivity index (χ0v) is 23.2. The van der Waals surface area contributed by atoms with Gasteiger partial charge in [0.15, 0.2) is 17.1 Å². The van der Waals surface area contributed by atoms with Gasteiger partial charge in [0.2, 0.25) is 5.91 Å². The van der Waals surface area contributed by atoms with E-state index in [1.807, 2.05) is 0 Å². The first-order valence-electron chi connectivity index (χ1n) is 12.0. The molecule has 1 N–H and O–H groups in total. The Labute approximate surface area is 227 Å². The fourth-order valence-electron chi connectivity index (χ4n) is 4.16. The second-order valence-corrected chi connectivity index (χ2v) is 11.0. The molecule has 2 heterocycles. The van der Waals surface area contributed by atoms with E-state index in [-0.39, 0.29) is 23.3 Å². The highest BCUT2D eigenvalue weighted by Gasteiger charge is 2.27. The number of amides is 1. The van der Waals surface area contributed by atoms with E-state index < -0.39 is 17.9 Å². The summed E-state index contributed by atoms with van der Waals surface area (Å²) in [6.07, 6.45) is 4.42. The van der Waals surface area contributed by atoms with Gasteiger partial charge in [-0.2, -0.15) is 0 Å². The van der Waals surface area contributed by atoms with Gasteiger partial charge < -0.3 is 19.4 Å². The summed E-state index contributed by atoms with van der Waals surface area (Å²) >= 11 is 8.75. The fraction of sp³-hybridized carbons (Fsp3) is 0.440. The minimum atomic E-state index is -0.516. The number of thioether (sulfide) groups is 1. The summed E-state index contributed by atoms with van der Waals surface area (Å²) in [5, 5.41) is 12.5. The molecule has 3 aromatic rings. The maximum absolute atomic E-state index is 13.3. The molecule has 0 fully saturated rings. The Bertz CT molecular complexity index is 1300. The highest BCUT2D eigenvalue weighted by Crippen LogP contribution is 2.38. The number of fused-ring (bicyclic) bond motifs is 1. The topological polar surface area (TPSA) is 95.3 Å². The van der Waals surface area contributed by atoms with E-state index in [2.05, 4.69) is 15.5 Å². The summed E-state index contributed by atoms with van der Waals surface area (Å²) in [6, 6.07) is 3.90. The minimum Gasteiger partial charge on any atom is -0.481 e. The molecule has 0 spiro atoms. The normalized spacial score (nSPS) is 14.0. The summed E-state index contributed by atoms with van der Waals surface area (Å²) in [5.41, 5.74) is 1.51. The molecular weight excluding hydrogens is 539 g/mol. The van der Waals surface area contributed by atoms with Gasteiger partial charge >= 0.3 is 5.97 Å². The molecule has 8 nitrogen and oxygen atoms in total.